The first-order valence-corrected chi connectivity index (χ1v) is 11.9. The Morgan fingerprint density at radius 1 is 1.12 bits per heavy atom. The van der Waals surface area contributed by atoms with Crippen molar-refractivity contribution >= 4 is 22.5 Å². The van der Waals surface area contributed by atoms with Gasteiger partial charge in [0.1, 0.15) is 5.75 Å². The molecule has 2 aliphatic rings. The molecule has 0 fully saturated rings. The molecule has 1 atom stereocenters. The zero-order valence-electron chi connectivity index (χ0n) is 19.7. The number of ether oxygens (including phenoxy) is 1. The van der Waals surface area contributed by atoms with Crippen molar-refractivity contribution in [2.75, 3.05) is 5.32 Å². The van der Waals surface area contributed by atoms with Crippen LogP contribution in [0.25, 0.3) is 11.0 Å². The number of ketones is 1. The third-order valence-electron chi connectivity index (χ3n) is 6.92. The molecule has 34 heavy (non-hydrogen) atoms. The number of aromatic nitrogens is 3. The van der Waals surface area contributed by atoms with E-state index in [0.717, 1.165) is 57.7 Å². The number of carbonyl (C=O) groups is 1. The SMILES string of the molecule is CCc1[nH]cc2c1NC1=C(C(=O)CC(C)(C)C1)C2c1cccc(Oc2nc3ccccc3[nH]2)c1. The van der Waals surface area contributed by atoms with Gasteiger partial charge in [0.2, 0.25) is 0 Å². The number of benzene rings is 2. The summed E-state index contributed by atoms with van der Waals surface area (Å²) in [5.74, 6) is 0.775. The summed E-state index contributed by atoms with van der Waals surface area (Å²) in [7, 11) is 0. The molecule has 6 nitrogen and oxygen atoms in total. The van der Waals surface area contributed by atoms with Crippen LogP contribution in [0.2, 0.25) is 0 Å². The first kappa shape index (κ1) is 20.8. The summed E-state index contributed by atoms with van der Waals surface area (Å²) in [5, 5.41) is 3.63. The maximum atomic E-state index is 13.4. The van der Waals surface area contributed by atoms with E-state index in [4.69, 9.17) is 4.74 Å². The predicted octanol–water partition coefficient (Wildman–Crippen LogP) is 6.45. The molecule has 3 heterocycles. The molecule has 0 bridgehead atoms. The van der Waals surface area contributed by atoms with Crippen molar-refractivity contribution in [2.24, 2.45) is 5.41 Å². The second-order valence-corrected chi connectivity index (χ2v) is 10.1. The number of allylic oxidation sites excluding steroid dienone is 2. The van der Waals surface area contributed by atoms with Gasteiger partial charge in [0.25, 0.3) is 6.01 Å². The van der Waals surface area contributed by atoms with Crippen molar-refractivity contribution in [3.63, 3.8) is 0 Å². The van der Waals surface area contributed by atoms with Crippen LogP contribution in [-0.2, 0) is 11.2 Å². The van der Waals surface area contributed by atoms with E-state index in [1.165, 1.54) is 0 Å². The number of para-hydroxylation sites is 2. The first-order chi connectivity index (χ1) is 16.4. The number of nitrogens with zero attached hydrogens (tertiary/aromatic N) is 1. The number of nitrogens with one attached hydrogen (secondary N) is 3. The van der Waals surface area contributed by atoms with Gasteiger partial charge in [-0.15, -0.1) is 0 Å². The highest BCUT2D eigenvalue weighted by Gasteiger charge is 2.41. The quantitative estimate of drug-likeness (QED) is 0.332. The van der Waals surface area contributed by atoms with Crippen molar-refractivity contribution in [1.29, 1.82) is 0 Å². The molecule has 0 saturated carbocycles. The van der Waals surface area contributed by atoms with Gasteiger partial charge in [-0.05, 0) is 48.1 Å². The number of hydrogen-bond acceptors (Lipinski definition) is 4. The third kappa shape index (κ3) is 3.41. The monoisotopic (exact) mass is 452 g/mol. The van der Waals surface area contributed by atoms with Gasteiger partial charge in [0.05, 0.1) is 16.7 Å². The Balaban J connectivity index is 1.43. The van der Waals surface area contributed by atoms with Gasteiger partial charge < -0.3 is 20.0 Å². The fraction of sp³-hybridized carbons (Fsp3) is 0.286. The van der Waals surface area contributed by atoms with Gasteiger partial charge in [-0.2, -0.15) is 4.98 Å². The van der Waals surface area contributed by atoms with E-state index in [1.807, 2.05) is 42.5 Å². The molecule has 1 unspecified atom stereocenters. The molecular weight excluding hydrogens is 424 g/mol. The van der Waals surface area contributed by atoms with Gasteiger partial charge in [-0.1, -0.05) is 45.0 Å². The van der Waals surface area contributed by atoms with E-state index >= 15 is 0 Å². The lowest BCUT2D eigenvalue weighted by molar-refractivity contribution is -0.118. The maximum Gasteiger partial charge on any atom is 0.300 e. The Hall–Kier alpha value is -3.80. The molecule has 6 rings (SSSR count). The second kappa shape index (κ2) is 7.62. The van der Waals surface area contributed by atoms with Crippen molar-refractivity contribution in [3.05, 3.63) is 82.8 Å². The molecular formula is C28H28N4O2. The number of anilines is 1. The molecule has 0 spiro atoms. The number of carbonyl (C=O) groups excluding carboxylic acids is 1. The number of aromatic amines is 2. The number of fused-ring (bicyclic) bond motifs is 2. The standard InChI is InChI=1S/C28H28N4O2/c1-4-19-26-18(15-29-19)24(25-22(30-26)13-28(2,3)14-23(25)33)16-8-7-9-17(12-16)34-27-31-20-10-5-6-11-21(20)32-27/h5-12,15,24,29-30H,4,13-14H2,1-3H3,(H,31,32). The predicted molar refractivity (Wildman–Crippen MR) is 133 cm³/mol. The average Bonchev–Trinajstić information content (AvgIpc) is 3.40. The Morgan fingerprint density at radius 3 is 2.79 bits per heavy atom. The molecule has 4 aromatic rings. The van der Waals surface area contributed by atoms with Crippen LogP contribution in [-0.4, -0.2) is 20.7 Å². The number of H-pyrrole nitrogens is 2. The van der Waals surface area contributed by atoms with Crippen LogP contribution in [0.3, 0.4) is 0 Å². The maximum absolute atomic E-state index is 13.4. The fourth-order valence-corrected chi connectivity index (χ4v) is 5.42. The van der Waals surface area contributed by atoms with Crippen molar-refractivity contribution in [2.45, 2.75) is 46.0 Å². The summed E-state index contributed by atoms with van der Waals surface area (Å²) in [5.41, 5.74) is 8.11. The largest absolute Gasteiger partial charge is 0.426 e. The topological polar surface area (TPSA) is 82.8 Å². The average molecular weight is 453 g/mol. The number of Topliss-reactive ketones (excluding diaryl/α,β-unsaturated/α-hetero) is 1. The van der Waals surface area contributed by atoms with Crippen LogP contribution >= 0.6 is 0 Å². The van der Waals surface area contributed by atoms with Crippen LogP contribution in [0, 0.1) is 5.41 Å². The molecule has 3 N–H and O–H groups in total. The minimum Gasteiger partial charge on any atom is -0.426 e. The molecule has 0 amide bonds. The molecule has 0 radical (unpaired) electrons. The van der Waals surface area contributed by atoms with Crippen molar-refractivity contribution in [3.8, 4) is 11.8 Å². The lowest BCUT2D eigenvalue weighted by atomic mass is 9.69. The molecule has 6 heteroatoms. The highest BCUT2D eigenvalue weighted by molar-refractivity contribution is 6.01. The molecule has 1 aliphatic heterocycles. The molecule has 172 valence electrons. The summed E-state index contributed by atoms with van der Waals surface area (Å²) < 4.78 is 6.11. The lowest BCUT2D eigenvalue weighted by Crippen LogP contribution is -2.33. The van der Waals surface area contributed by atoms with E-state index in [-0.39, 0.29) is 17.1 Å². The lowest BCUT2D eigenvalue weighted by Gasteiger charge is -2.38. The van der Waals surface area contributed by atoms with Crippen LogP contribution in [0.4, 0.5) is 5.69 Å². The van der Waals surface area contributed by atoms with Crippen molar-refractivity contribution in [1.82, 2.24) is 15.0 Å². The smallest absolute Gasteiger partial charge is 0.300 e. The Labute approximate surface area is 198 Å². The Morgan fingerprint density at radius 2 is 1.97 bits per heavy atom. The fourth-order valence-electron chi connectivity index (χ4n) is 5.42. The zero-order chi connectivity index (χ0) is 23.4. The zero-order valence-corrected chi connectivity index (χ0v) is 19.7. The molecule has 2 aromatic heterocycles. The number of imidazole rings is 1. The highest BCUT2D eigenvalue weighted by atomic mass is 16.5. The minimum absolute atomic E-state index is 0.0556. The second-order valence-electron chi connectivity index (χ2n) is 10.1. The van der Waals surface area contributed by atoms with E-state index < -0.39 is 0 Å². The molecule has 1 aliphatic carbocycles. The van der Waals surface area contributed by atoms with E-state index in [0.29, 0.717) is 18.2 Å². The first-order valence-electron chi connectivity index (χ1n) is 11.9. The number of aryl methyl sites for hydroxylation is 1. The van der Waals surface area contributed by atoms with Gasteiger partial charge in [-0.3, -0.25) is 4.79 Å². The molecule has 2 aromatic carbocycles. The van der Waals surface area contributed by atoms with Crippen LogP contribution < -0.4 is 10.1 Å². The molecule has 0 saturated heterocycles. The summed E-state index contributed by atoms with van der Waals surface area (Å²) in [6, 6.07) is 16.3. The third-order valence-corrected chi connectivity index (χ3v) is 6.92. The minimum atomic E-state index is -0.134. The normalized spacial score (nSPS) is 19.0. The summed E-state index contributed by atoms with van der Waals surface area (Å²) in [4.78, 5) is 24.6. The number of rotatable bonds is 4. The van der Waals surface area contributed by atoms with Gasteiger partial charge >= 0.3 is 0 Å². The van der Waals surface area contributed by atoms with Crippen LogP contribution in [0.5, 0.6) is 11.8 Å². The number of hydrogen-bond donors (Lipinski definition) is 3. The van der Waals surface area contributed by atoms with E-state index in [9.17, 15) is 4.79 Å². The summed E-state index contributed by atoms with van der Waals surface area (Å²) in [6.07, 6.45) is 4.35. The van der Waals surface area contributed by atoms with Gasteiger partial charge in [0.15, 0.2) is 5.78 Å². The Bertz CT molecular complexity index is 1420. The summed E-state index contributed by atoms with van der Waals surface area (Å²) in [6.45, 7) is 6.48. The van der Waals surface area contributed by atoms with Gasteiger partial charge in [0, 0.05) is 41.1 Å². The summed E-state index contributed by atoms with van der Waals surface area (Å²) >= 11 is 0. The highest BCUT2D eigenvalue weighted by Crippen LogP contribution is 2.50. The van der Waals surface area contributed by atoms with Crippen LogP contribution in [0.1, 0.15) is 56.4 Å². The van der Waals surface area contributed by atoms with E-state index in [2.05, 4.69) is 53.3 Å². The van der Waals surface area contributed by atoms with Crippen molar-refractivity contribution < 1.29 is 9.53 Å². The van der Waals surface area contributed by atoms with Gasteiger partial charge in [-0.25, -0.2) is 0 Å². The van der Waals surface area contributed by atoms with E-state index in [1.54, 1.807) is 0 Å². The Kier molecular flexibility index (Phi) is 4.66. The van der Waals surface area contributed by atoms with Crippen LogP contribution in [0.15, 0.2) is 66.0 Å².